The van der Waals surface area contributed by atoms with E-state index in [1.807, 2.05) is 55.5 Å². The molecule has 0 saturated carbocycles. The minimum absolute atomic E-state index is 0.138. The Morgan fingerprint density at radius 1 is 1.12 bits per heavy atom. The number of thioether (sulfide) groups is 1. The van der Waals surface area contributed by atoms with Gasteiger partial charge in [-0.2, -0.15) is 0 Å². The number of amides is 2. The van der Waals surface area contributed by atoms with Crippen LogP contribution in [0.3, 0.4) is 0 Å². The van der Waals surface area contributed by atoms with Crippen molar-refractivity contribution in [3.05, 3.63) is 64.6 Å². The molecule has 0 aliphatic carbocycles. The van der Waals surface area contributed by atoms with Crippen LogP contribution in [0.25, 0.3) is 6.08 Å². The predicted molar refractivity (Wildman–Crippen MR) is 100 cm³/mol. The van der Waals surface area contributed by atoms with E-state index in [4.69, 9.17) is 4.74 Å². The third-order valence-corrected chi connectivity index (χ3v) is 4.78. The lowest BCUT2D eigenvalue weighted by Crippen LogP contribution is -2.33. The second-order valence-corrected chi connectivity index (χ2v) is 6.49. The number of imide groups is 1. The van der Waals surface area contributed by atoms with Crippen LogP contribution in [0, 0.1) is 6.92 Å². The number of hydrogen-bond acceptors (Lipinski definition) is 5. The highest BCUT2D eigenvalue weighted by Gasteiger charge is 2.35. The minimum Gasteiger partial charge on any atom is -0.496 e. The van der Waals surface area contributed by atoms with E-state index in [9.17, 15) is 9.59 Å². The first-order valence-electron chi connectivity index (χ1n) is 7.78. The smallest absolute Gasteiger partial charge is 0.295 e. The monoisotopic (exact) mass is 354 g/mol. The van der Waals surface area contributed by atoms with E-state index in [1.54, 1.807) is 13.2 Å². The normalized spacial score (nSPS) is 15.8. The van der Waals surface area contributed by atoms with Crippen molar-refractivity contribution in [2.75, 3.05) is 19.1 Å². The molecule has 25 heavy (non-hydrogen) atoms. The molecule has 0 unspecified atom stereocenters. The van der Waals surface area contributed by atoms with E-state index >= 15 is 0 Å². The van der Waals surface area contributed by atoms with E-state index in [0.29, 0.717) is 10.7 Å². The first-order chi connectivity index (χ1) is 12.1. The molecule has 128 valence electrons. The number of carbonyl (C=O) groups excluding carboxylic acids is 2. The molecule has 1 saturated heterocycles. The molecule has 2 aromatic carbocycles. The van der Waals surface area contributed by atoms with Gasteiger partial charge in [0.05, 0.1) is 18.7 Å². The number of carbonyl (C=O) groups is 2. The summed E-state index contributed by atoms with van der Waals surface area (Å²) in [7, 11) is 1.57. The molecule has 3 rings (SSSR count). The molecule has 1 fully saturated rings. The second-order valence-electron chi connectivity index (χ2n) is 5.50. The Bertz CT molecular complexity index is 848. The molecule has 1 heterocycles. The molecule has 0 bridgehead atoms. The van der Waals surface area contributed by atoms with Crippen LogP contribution in [-0.2, 0) is 4.79 Å². The molecule has 0 radical (unpaired) electrons. The molecular formula is C19H18N2O3S. The number of benzene rings is 2. The van der Waals surface area contributed by atoms with Gasteiger partial charge in [0.2, 0.25) is 0 Å². The van der Waals surface area contributed by atoms with Gasteiger partial charge in [0.25, 0.3) is 11.1 Å². The van der Waals surface area contributed by atoms with Crippen LogP contribution in [0.15, 0.2) is 53.4 Å². The van der Waals surface area contributed by atoms with Gasteiger partial charge in [0.1, 0.15) is 5.75 Å². The van der Waals surface area contributed by atoms with Crippen LogP contribution < -0.4 is 10.1 Å². The highest BCUT2D eigenvalue weighted by molar-refractivity contribution is 8.18. The summed E-state index contributed by atoms with van der Waals surface area (Å²) < 4.78 is 5.29. The maximum absolute atomic E-state index is 12.6. The number of rotatable bonds is 5. The molecule has 1 aliphatic rings. The van der Waals surface area contributed by atoms with Gasteiger partial charge in [-0.25, -0.2) is 0 Å². The predicted octanol–water partition coefficient (Wildman–Crippen LogP) is 4.11. The molecule has 2 amide bonds. The van der Waals surface area contributed by atoms with Gasteiger partial charge in [-0.05, 0) is 42.5 Å². The van der Waals surface area contributed by atoms with E-state index in [0.717, 1.165) is 28.6 Å². The average Bonchev–Trinajstić information content (AvgIpc) is 2.88. The number of hydrogen-bond donors (Lipinski definition) is 1. The van der Waals surface area contributed by atoms with Crippen molar-refractivity contribution in [2.24, 2.45) is 0 Å². The summed E-state index contributed by atoms with van der Waals surface area (Å²) >= 11 is 0.938. The van der Waals surface area contributed by atoms with Gasteiger partial charge < -0.3 is 10.1 Å². The molecule has 2 aromatic rings. The third kappa shape index (κ3) is 3.69. The zero-order valence-corrected chi connectivity index (χ0v) is 14.8. The highest BCUT2D eigenvalue weighted by Crippen LogP contribution is 2.33. The lowest BCUT2D eigenvalue weighted by atomic mass is 10.2. The van der Waals surface area contributed by atoms with E-state index in [1.165, 1.54) is 4.90 Å². The molecule has 5 nitrogen and oxygen atoms in total. The first-order valence-corrected chi connectivity index (χ1v) is 8.59. The van der Waals surface area contributed by atoms with Crippen molar-refractivity contribution in [2.45, 2.75) is 6.92 Å². The summed E-state index contributed by atoms with van der Waals surface area (Å²) in [5, 5.41) is 2.86. The largest absolute Gasteiger partial charge is 0.496 e. The molecular weight excluding hydrogens is 336 g/mol. The summed E-state index contributed by atoms with van der Waals surface area (Å²) in [6.45, 7) is 2.11. The average molecular weight is 354 g/mol. The molecule has 0 atom stereocenters. The maximum Gasteiger partial charge on any atom is 0.295 e. The van der Waals surface area contributed by atoms with Gasteiger partial charge in [0.15, 0.2) is 0 Å². The highest BCUT2D eigenvalue weighted by atomic mass is 32.2. The van der Waals surface area contributed by atoms with Crippen LogP contribution in [0.5, 0.6) is 5.75 Å². The Labute approximate surface area is 150 Å². The fourth-order valence-electron chi connectivity index (χ4n) is 2.50. The Kier molecular flexibility index (Phi) is 5.09. The number of anilines is 1. The standard InChI is InChI=1S/C19H18N2O3S/c1-13-7-3-5-9-15(13)20-12-21-18(22)17(25-19(21)23)11-14-8-4-6-10-16(14)24-2/h3-11,20H,12H2,1-2H3/b17-11+. The topological polar surface area (TPSA) is 58.6 Å². The number of nitrogens with zero attached hydrogens (tertiary/aromatic N) is 1. The van der Waals surface area contributed by atoms with E-state index in [2.05, 4.69) is 5.32 Å². The fraction of sp³-hybridized carbons (Fsp3) is 0.158. The number of methoxy groups -OCH3 is 1. The SMILES string of the molecule is COc1ccccc1/C=C1/SC(=O)N(CNc2ccccc2C)C1=O. The van der Waals surface area contributed by atoms with Crippen LogP contribution in [0.4, 0.5) is 10.5 Å². The van der Waals surface area contributed by atoms with Gasteiger partial charge in [-0.15, -0.1) is 0 Å². The Balaban J connectivity index is 1.76. The van der Waals surface area contributed by atoms with Crippen LogP contribution >= 0.6 is 11.8 Å². The molecule has 0 spiro atoms. The summed E-state index contributed by atoms with van der Waals surface area (Å²) in [6.07, 6.45) is 1.69. The molecule has 1 aliphatic heterocycles. The molecule has 0 aromatic heterocycles. The molecule has 6 heteroatoms. The minimum atomic E-state index is -0.304. The van der Waals surface area contributed by atoms with Crippen molar-refractivity contribution in [3.8, 4) is 5.75 Å². The quantitative estimate of drug-likeness (QED) is 0.819. The lowest BCUT2D eigenvalue weighted by molar-refractivity contribution is -0.122. The number of para-hydroxylation sites is 2. The summed E-state index contributed by atoms with van der Waals surface area (Å²) in [6, 6.07) is 15.1. The first kappa shape index (κ1) is 17.1. The Hall–Kier alpha value is -2.73. The summed E-state index contributed by atoms with van der Waals surface area (Å²) in [4.78, 5) is 26.4. The van der Waals surface area contributed by atoms with E-state index < -0.39 is 0 Å². The van der Waals surface area contributed by atoms with Crippen molar-refractivity contribution >= 4 is 34.7 Å². The second kappa shape index (κ2) is 7.44. The Morgan fingerprint density at radius 3 is 2.60 bits per heavy atom. The third-order valence-electron chi connectivity index (χ3n) is 3.87. The maximum atomic E-state index is 12.6. The summed E-state index contributed by atoms with van der Waals surface area (Å²) in [5.41, 5.74) is 2.72. The lowest BCUT2D eigenvalue weighted by Gasteiger charge is -2.15. The fourth-order valence-corrected chi connectivity index (χ4v) is 3.33. The van der Waals surface area contributed by atoms with Crippen LogP contribution in [0.1, 0.15) is 11.1 Å². The number of nitrogens with one attached hydrogen (secondary N) is 1. The van der Waals surface area contributed by atoms with Gasteiger partial charge in [-0.3, -0.25) is 14.5 Å². The number of ether oxygens (including phenoxy) is 1. The van der Waals surface area contributed by atoms with Gasteiger partial charge in [-0.1, -0.05) is 36.4 Å². The van der Waals surface area contributed by atoms with Crippen molar-refractivity contribution < 1.29 is 14.3 Å². The zero-order valence-electron chi connectivity index (χ0n) is 14.0. The van der Waals surface area contributed by atoms with Crippen LogP contribution in [-0.4, -0.2) is 29.8 Å². The van der Waals surface area contributed by atoms with E-state index in [-0.39, 0.29) is 17.8 Å². The van der Waals surface area contributed by atoms with Crippen molar-refractivity contribution in [1.29, 1.82) is 0 Å². The van der Waals surface area contributed by atoms with Crippen LogP contribution in [0.2, 0.25) is 0 Å². The molecule has 1 N–H and O–H groups in total. The zero-order chi connectivity index (χ0) is 17.8. The van der Waals surface area contributed by atoms with Crippen molar-refractivity contribution in [1.82, 2.24) is 4.90 Å². The van der Waals surface area contributed by atoms with Gasteiger partial charge in [0, 0.05) is 11.3 Å². The van der Waals surface area contributed by atoms with Gasteiger partial charge >= 0.3 is 0 Å². The summed E-state index contributed by atoms with van der Waals surface area (Å²) in [5.74, 6) is 0.356. The number of aryl methyl sites for hydroxylation is 1. The Morgan fingerprint density at radius 2 is 1.84 bits per heavy atom. The van der Waals surface area contributed by atoms with Crippen molar-refractivity contribution in [3.63, 3.8) is 0 Å².